The van der Waals surface area contributed by atoms with Gasteiger partial charge in [-0.15, -0.1) is 6.58 Å². The first-order valence-electron chi connectivity index (χ1n) is 6.96. The van der Waals surface area contributed by atoms with Crippen LogP contribution in [0.5, 0.6) is 0 Å². The largest absolute Gasteiger partial charge is 0.459 e. The predicted molar refractivity (Wildman–Crippen MR) is 86.0 cm³/mol. The Balaban J connectivity index is 3.01. The van der Waals surface area contributed by atoms with Crippen molar-refractivity contribution in [3.8, 4) is 0 Å². The molecule has 0 amide bonds. The lowest BCUT2D eigenvalue weighted by Crippen LogP contribution is -2.38. The summed E-state index contributed by atoms with van der Waals surface area (Å²) in [7, 11) is -3.77. The van der Waals surface area contributed by atoms with E-state index >= 15 is 0 Å². The summed E-state index contributed by atoms with van der Waals surface area (Å²) < 4.78 is 31.4. The van der Waals surface area contributed by atoms with Gasteiger partial charge in [0.05, 0.1) is 4.90 Å². The molecule has 0 N–H and O–H groups in total. The van der Waals surface area contributed by atoms with Gasteiger partial charge in [0.25, 0.3) is 0 Å². The minimum atomic E-state index is -3.77. The van der Waals surface area contributed by atoms with Gasteiger partial charge in [0, 0.05) is 6.54 Å². The summed E-state index contributed by atoms with van der Waals surface area (Å²) in [5.74, 6) is -0.593. The summed E-state index contributed by atoms with van der Waals surface area (Å²) in [6, 6.07) is 6.48. The van der Waals surface area contributed by atoms with E-state index < -0.39 is 21.6 Å². The van der Waals surface area contributed by atoms with Gasteiger partial charge in [-0.05, 0) is 39.8 Å². The van der Waals surface area contributed by atoms with Gasteiger partial charge in [0.15, 0.2) is 0 Å². The van der Waals surface area contributed by atoms with Crippen LogP contribution in [0.2, 0.25) is 0 Å². The Kier molecular flexibility index (Phi) is 5.91. The molecule has 0 saturated heterocycles. The van der Waals surface area contributed by atoms with E-state index in [0.29, 0.717) is 0 Å². The van der Waals surface area contributed by atoms with Gasteiger partial charge in [-0.25, -0.2) is 8.42 Å². The summed E-state index contributed by atoms with van der Waals surface area (Å²) in [6.45, 7) is 10.3. The van der Waals surface area contributed by atoms with Gasteiger partial charge in [-0.2, -0.15) is 4.31 Å². The van der Waals surface area contributed by atoms with Crippen molar-refractivity contribution in [2.45, 2.75) is 38.2 Å². The molecule has 0 bridgehead atoms. The zero-order valence-corrected chi connectivity index (χ0v) is 14.3. The molecule has 0 aliphatic rings. The highest BCUT2D eigenvalue weighted by Gasteiger charge is 2.27. The third kappa shape index (κ3) is 5.27. The van der Waals surface area contributed by atoms with Crippen LogP contribution in [0.3, 0.4) is 0 Å². The number of esters is 1. The number of nitrogens with zero attached hydrogens (tertiary/aromatic N) is 1. The maximum absolute atomic E-state index is 12.6. The molecule has 1 rings (SSSR count). The van der Waals surface area contributed by atoms with E-state index in [-0.39, 0.29) is 18.0 Å². The molecule has 5 nitrogen and oxygen atoms in total. The van der Waals surface area contributed by atoms with Crippen molar-refractivity contribution in [2.75, 3.05) is 13.1 Å². The average molecular weight is 325 g/mol. The maximum Gasteiger partial charge on any atom is 0.321 e. The Morgan fingerprint density at radius 2 is 1.82 bits per heavy atom. The lowest BCUT2D eigenvalue weighted by molar-refractivity contribution is -0.154. The van der Waals surface area contributed by atoms with Crippen molar-refractivity contribution in [1.29, 1.82) is 0 Å². The fraction of sp³-hybridized carbons (Fsp3) is 0.438. The topological polar surface area (TPSA) is 63.7 Å². The Morgan fingerprint density at radius 1 is 1.27 bits per heavy atom. The average Bonchev–Trinajstić information content (AvgIpc) is 2.36. The van der Waals surface area contributed by atoms with E-state index in [2.05, 4.69) is 6.58 Å². The zero-order chi connectivity index (χ0) is 17.0. The Hall–Kier alpha value is -1.66. The Labute approximate surface area is 132 Å². The summed E-state index contributed by atoms with van der Waals surface area (Å²) in [5.41, 5.74) is 0.297. The molecule has 1 aromatic carbocycles. The van der Waals surface area contributed by atoms with E-state index in [9.17, 15) is 13.2 Å². The van der Waals surface area contributed by atoms with Crippen molar-refractivity contribution >= 4 is 16.0 Å². The van der Waals surface area contributed by atoms with E-state index in [1.807, 2.05) is 6.92 Å². The standard InChI is InChI=1S/C16H23NO4S/c1-6-11-17(12-15(18)21-16(3,4)5)22(19,20)14-9-7-13(2)8-10-14/h6-10H,1,11-12H2,2-5H3. The van der Waals surface area contributed by atoms with Crippen LogP contribution < -0.4 is 0 Å². The second-order valence-electron chi connectivity index (χ2n) is 5.99. The number of hydrogen-bond donors (Lipinski definition) is 0. The fourth-order valence-corrected chi connectivity index (χ4v) is 3.12. The summed E-state index contributed by atoms with van der Waals surface area (Å²) in [5, 5.41) is 0. The van der Waals surface area contributed by atoms with Crippen molar-refractivity contribution in [3.05, 3.63) is 42.5 Å². The van der Waals surface area contributed by atoms with Gasteiger partial charge < -0.3 is 4.74 Å². The molecular weight excluding hydrogens is 302 g/mol. The van der Waals surface area contributed by atoms with Crippen molar-refractivity contribution in [2.24, 2.45) is 0 Å². The van der Waals surface area contributed by atoms with Crippen LogP contribution in [0.25, 0.3) is 0 Å². The first-order chi connectivity index (χ1) is 10.1. The molecule has 0 aliphatic carbocycles. The normalized spacial score (nSPS) is 12.2. The SMILES string of the molecule is C=CCN(CC(=O)OC(C)(C)C)S(=O)(=O)c1ccc(C)cc1. The maximum atomic E-state index is 12.6. The van der Waals surface area contributed by atoms with Gasteiger partial charge in [-0.3, -0.25) is 4.79 Å². The molecule has 0 fully saturated rings. The number of hydrogen-bond acceptors (Lipinski definition) is 4. The third-order valence-electron chi connectivity index (χ3n) is 2.72. The lowest BCUT2D eigenvalue weighted by Gasteiger charge is -2.24. The van der Waals surface area contributed by atoms with Gasteiger partial charge >= 0.3 is 5.97 Å². The number of rotatable bonds is 6. The Morgan fingerprint density at radius 3 is 2.27 bits per heavy atom. The van der Waals surface area contributed by atoms with Crippen LogP contribution in [0.1, 0.15) is 26.3 Å². The minimum absolute atomic E-state index is 0.0372. The number of ether oxygens (including phenoxy) is 1. The van der Waals surface area contributed by atoms with Crippen molar-refractivity contribution in [3.63, 3.8) is 0 Å². The molecule has 1 aromatic rings. The highest BCUT2D eigenvalue weighted by Crippen LogP contribution is 2.17. The third-order valence-corrected chi connectivity index (χ3v) is 4.54. The van der Waals surface area contributed by atoms with E-state index in [1.54, 1.807) is 32.9 Å². The van der Waals surface area contributed by atoms with E-state index in [4.69, 9.17) is 4.74 Å². The molecule has 0 aromatic heterocycles. The lowest BCUT2D eigenvalue weighted by atomic mass is 10.2. The molecule has 0 saturated carbocycles. The molecule has 122 valence electrons. The van der Waals surface area contributed by atoms with E-state index in [1.165, 1.54) is 18.2 Å². The van der Waals surface area contributed by atoms with Gasteiger partial charge in [0.2, 0.25) is 10.0 Å². The van der Waals surface area contributed by atoms with Crippen LogP contribution >= 0.6 is 0 Å². The Bertz CT molecular complexity index is 627. The smallest absolute Gasteiger partial charge is 0.321 e. The summed E-state index contributed by atoms with van der Waals surface area (Å²) >= 11 is 0. The number of carbonyl (C=O) groups excluding carboxylic acids is 1. The highest BCUT2D eigenvalue weighted by atomic mass is 32.2. The number of benzene rings is 1. The summed E-state index contributed by atoms with van der Waals surface area (Å²) in [6.07, 6.45) is 1.44. The fourth-order valence-electron chi connectivity index (χ4n) is 1.77. The first kappa shape index (κ1) is 18.4. The monoisotopic (exact) mass is 325 g/mol. The van der Waals surface area contributed by atoms with Crippen LogP contribution in [0.4, 0.5) is 0 Å². The molecule has 0 heterocycles. The molecular formula is C16H23NO4S. The molecule has 0 spiro atoms. The highest BCUT2D eigenvalue weighted by molar-refractivity contribution is 7.89. The van der Waals surface area contributed by atoms with Crippen molar-refractivity contribution < 1.29 is 17.9 Å². The molecule has 0 aliphatic heterocycles. The van der Waals surface area contributed by atoms with Crippen LogP contribution in [-0.2, 0) is 19.6 Å². The molecule has 0 radical (unpaired) electrons. The van der Waals surface area contributed by atoms with Gasteiger partial charge in [0.1, 0.15) is 12.1 Å². The molecule has 0 atom stereocenters. The van der Waals surface area contributed by atoms with Crippen LogP contribution in [-0.4, -0.2) is 37.4 Å². The second-order valence-corrected chi connectivity index (χ2v) is 7.92. The molecule has 6 heteroatoms. The number of sulfonamides is 1. The first-order valence-corrected chi connectivity index (χ1v) is 8.40. The van der Waals surface area contributed by atoms with Crippen LogP contribution in [0, 0.1) is 6.92 Å². The number of aryl methyl sites for hydroxylation is 1. The number of carbonyl (C=O) groups is 1. The predicted octanol–water partition coefficient (Wildman–Crippen LogP) is 2.51. The minimum Gasteiger partial charge on any atom is -0.459 e. The van der Waals surface area contributed by atoms with Crippen LogP contribution in [0.15, 0.2) is 41.8 Å². The van der Waals surface area contributed by atoms with Crippen molar-refractivity contribution in [1.82, 2.24) is 4.31 Å². The second kappa shape index (κ2) is 7.07. The molecule has 22 heavy (non-hydrogen) atoms. The zero-order valence-electron chi connectivity index (χ0n) is 13.5. The van der Waals surface area contributed by atoms with E-state index in [0.717, 1.165) is 9.87 Å². The quantitative estimate of drug-likeness (QED) is 0.595. The van der Waals surface area contributed by atoms with Gasteiger partial charge in [-0.1, -0.05) is 23.8 Å². The molecule has 0 unspecified atom stereocenters. The summed E-state index contributed by atoms with van der Waals surface area (Å²) in [4.78, 5) is 12.1.